The van der Waals surface area contributed by atoms with Crippen LogP contribution in [-0.4, -0.2) is 69.2 Å². The molecule has 168 valence electrons. The molecule has 9 nitrogen and oxygen atoms in total. The average Bonchev–Trinajstić information content (AvgIpc) is 3.35. The number of halogens is 1. The number of anilines is 1. The van der Waals surface area contributed by atoms with Crippen molar-refractivity contribution < 1.29 is 19.3 Å². The van der Waals surface area contributed by atoms with Crippen molar-refractivity contribution in [2.24, 2.45) is 5.41 Å². The predicted octanol–water partition coefficient (Wildman–Crippen LogP) is 2.45. The summed E-state index contributed by atoms with van der Waals surface area (Å²) in [6.45, 7) is 5.73. The molecule has 3 aliphatic heterocycles. The fraction of sp³-hybridized carbons (Fsp3) is 0.762. The molecule has 3 atom stereocenters. The van der Waals surface area contributed by atoms with E-state index in [-0.39, 0.29) is 18.5 Å². The average molecular weight is 450 g/mol. The minimum Gasteiger partial charge on any atom is -0.394 e. The maximum absolute atomic E-state index is 9.79. The van der Waals surface area contributed by atoms with E-state index in [1.807, 2.05) is 13.8 Å². The number of aromatic nitrogens is 4. The van der Waals surface area contributed by atoms with Crippen LogP contribution in [0.3, 0.4) is 0 Å². The van der Waals surface area contributed by atoms with Crippen LogP contribution < -0.4 is 4.90 Å². The van der Waals surface area contributed by atoms with Gasteiger partial charge in [-0.25, -0.2) is 4.68 Å². The highest BCUT2D eigenvalue weighted by Gasteiger charge is 2.63. The van der Waals surface area contributed by atoms with E-state index in [4.69, 9.17) is 25.8 Å². The number of ether oxygens (including phenoxy) is 3. The third kappa shape index (κ3) is 2.94. The second-order valence-corrected chi connectivity index (χ2v) is 10.3. The number of aliphatic hydroxyl groups is 1. The topological polar surface area (TPSA) is 94.8 Å². The van der Waals surface area contributed by atoms with E-state index in [2.05, 4.69) is 20.0 Å². The van der Waals surface area contributed by atoms with Crippen LogP contribution in [0.2, 0.25) is 5.28 Å². The summed E-state index contributed by atoms with van der Waals surface area (Å²) < 4.78 is 20.0. The summed E-state index contributed by atoms with van der Waals surface area (Å²) in [7, 11) is 0. The Hall–Kier alpha value is -1.52. The van der Waals surface area contributed by atoms with Gasteiger partial charge < -0.3 is 24.2 Å². The lowest BCUT2D eigenvalue weighted by Gasteiger charge is -2.53. The van der Waals surface area contributed by atoms with Gasteiger partial charge in [0.25, 0.3) is 0 Å². The Morgan fingerprint density at radius 1 is 1.19 bits per heavy atom. The molecule has 31 heavy (non-hydrogen) atoms. The Kier molecular flexibility index (Phi) is 4.37. The quantitative estimate of drug-likeness (QED) is 0.714. The van der Waals surface area contributed by atoms with Gasteiger partial charge in [-0.2, -0.15) is 15.1 Å². The lowest BCUT2D eigenvalue weighted by molar-refractivity contribution is -0.208. The minimum absolute atomic E-state index is 0.165. The maximum Gasteiger partial charge on any atom is 0.226 e. The molecule has 2 aromatic rings. The van der Waals surface area contributed by atoms with Crippen LogP contribution >= 0.6 is 11.6 Å². The van der Waals surface area contributed by atoms with E-state index in [0.717, 1.165) is 24.3 Å². The molecule has 1 spiro atoms. The number of nitrogens with zero attached hydrogens (tertiary/aromatic N) is 5. The molecule has 4 fully saturated rings. The zero-order valence-electron chi connectivity index (χ0n) is 17.9. The highest BCUT2D eigenvalue weighted by Crippen LogP contribution is 2.49. The molecule has 1 aliphatic carbocycles. The first-order valence-electron chi connectivity index (χ1n) is 11.1. The first-order chi connectivity index (χ1) is 14.8. The molecule has 0 unspecified atom stereocenters. The van der Waals surface area contributed by atoms with Crippen LogP contribution in [0.5, 0.6) is 0 Å². The van der Waals surface area contributed by atoms with E-state index in [1.54, 1.807) is 10.9 Å². The Morgan fingerprint density at radius 3 is 2.71 bits per heavy atom. The summed E-state index contributed by atoms with van der Waals surface area (Å²) in [4.78, 5) is 11.4. The Labute approximate surface area is 185 Å². The number of aliphatic hydroxyl groups excluding tert-OH is 1. The van der Waals surface area contributed by atoms with Gasteiger partial charge in [0.2, 0.25) is 11.0 Å². The zero-order chi connectivity index (χ0) is 21.4. The van der Waals surface area contributed by atoms with E-state index >= 15 is 0 Å². The van der Waals surface area contributed by atoms with Gasteiger partial charge in [0.05, 0.1) is 24.8 Å². The Morgan fingerprint density at radius 2 is 1.97 bits per heavy atom. The molecule has 0 bridgehead atoms. The molecule has 0 aromatic carbocycles. The standard InChI is InChI=1S/C21H28ClN5O4/c1-19(2)30-15-14(9-28)29-12-21(15,31-19)27-17-13(8-23-27)16(24-18(22)25-17)26-10-20(11-26)6-4-3-5-7-20/h8,14-15,28H,3-7,9-12H2,1-2H3/t14-,15-,21+/m1/s1. The second kappa shape index (κ2) is 6.74. The Bertz CT molecular complexity index is 1010. The van der Waals surface area contributed by atoms with Crippen LogP contribution in [-0.2, 0) is 19.9 Å². The number of rotatable bonds is 3. The van der Waals surface area contributed by atoms with E-state index in [9.17, 15) is 5.11 Å². The van der Waals surface area contributed by atoms with Crippen LogP contribution in [0.25, 0.3) is 11.0 Å². The molecule has 0 amide bonds. The van der Waals surface area contributed by atoms with Gasteiger partial charge in [-0.1, -0.05) is 19.3 Å². The number of hydrogen-bond donors (Lipinski definition) is 1. The SMILES string of the molecule is CC1(C)O[C@@H]2[C@@H](CO)OC[C@]2(n2ncc3c(N4CC5(CCCCC5)C4)nc(Cl)nc32)O1. The van der Waals surface area contributed by atoms with E-state index in [0.29, 0.717) is 11.1 Å². The number of fused-ring (bicyclic) bond motifs is 2. The van der Waals surface area contributed by atoms with Crippen molar-refractivity contribution >= 4 is 28.5 Å². The molecule has 4 aliphatic rings. The molecule has 3 saturated heterocycles. The van der Waals surface area contributed by atoms with E-state index in [1.165, 1.54) is 32.1 Å². The smallest absolute Gasteiger partial charge is 0.226 e. The molecular formula is C21H28ClN5O4. The molecule has 10 heteroatoms. The van der Waals surface area contributed by atoms with Gasteiger partial charge in [-0.15, -0.1) is 0 Å². The van der Waals surface area contributed by atoms with Gasteiger partial charge in [-0.05, 0) is 38.3 Å². The third-order valence-corrected chi connectivity index (χ3v) is 7.47. The van der Waals surface area contributed by atoms with Crippen LogP contribution in [0.1, 0.15) is 46.0 Å². The van der Waals surface area contributed by atoms with Crippen molar-refractivity contribution in [2.75, 3.05) is 31.2 Å². The zero-order valence-corrected chi connectivity index (χ0v) is 18.6. The normalized spacial score (nSPS) is 33.7. The lowest BCUT2D eigenvalue weighted by Crippen LogP contribution is -2.57. The molecule has 5 heterocycles. The monoisotopic (exact) mass is 449 g/mol. The molecular weight excluding hydrogens is 422 g/mol. The second-order valence-electron chi connectivity index (χ2n) is 9.94. The van der Waals surface area contributed by atoms with Crippen molar-refractivity contribution in [2.45, 2.75) is 69.7 Å². The van der Waals surface area contributed by atoms with Gasteiger partial charge in [0.1, 0.15) is 18.0 Å². The van der Waals surface area contributed by atoms with Crippen LogP contribution in [0, 0.1) is 5.41 Å². The third-order valence-electron chi connectivity index (χ3n) is 7.31. The Balaban J connectivity index is 1.40. The van der Waals surface area contributed by atoms with Crippen molar-refractivity contribution in [1.29, 1.82) is 0 Å². The molecule has 2 aromatic heterocycles. The van der Waals surface area contributed by atoms with E-state index < -0.39 is 23.7 Å². The van der Waals surface area contributed by atoms with Gasteiger partial charge in [0.15, 0.2) is 11.4 Å². The van der Waals surface area contributed by atoms with Crippen molar-refractivity contribution in [3.63, 3.8) is 0 Å². The summed E-state index contributed by atoms with van der Waals surface area (Å²) in [5.41, 5.74) is -0.0114. The minimum atomic E-state index is -1.02. The lowest BCUT2D eigenvalue weighted by atomic mass is 9.68. The van der Waals surface area contributed by atoms with Crippen LogP contribution in [0.15, 0.2) is 6.20 Å². The van der Waals surface area contributed by atoms with Gasteiger partial charge >= 0.3 is 0 Å². The van der Waals surface area contributed by atoms with Crippen molar-refractivity contribution in [3.05, 3.63) is 11.5 Å². The summed E-state index contributed by atoms with van der Waals surface area (Å²) in [6, 6.07) is 0. The first kappa shape index (κ1) is 20.1. The highest BCUT2D eigenvalue weighted by atomic mass is 35.5. The first-order valence-corrected chi connectivity index (χ1v) is 11.5. The fourth-order valence-electron chi connectivity index (χ4n) is 5.99. The fourth-order valence-corrected chi connectivity index (χ4v) is 6.15. The molecule has 0 radical (unpaired) electrons. The molecule has 1 saturated carbocycles. The van der Waals surface area contributed by atoms with Crippen molar-refractivity contribution in [1.82, 2.24) is 19.7 Å². The maximum atomic E-state index is 9.79. The summed E-state index contributed by atoms with van der Waals surface area (Å²) >= 11 is 6.38. The largest absolute Gasteiger partial charge is 0.394 e. The van der Waals surface area contributed by atoms with Crippen LogP contribution in [0.4, 0.5) is 5.82 Å². The summed E-state index contributed by atoms with van der Waals surface area (Å²) in [5, 5.41) is 15.5. The van der Waals surface area contributed by atoms with Crippen molar-refractivity contribution in [3.8, 4) is 0 Å². The number of hydrogen-bond acceptors (Lipinski definition) is 8. The molecule has 6 rings (SSSR count). The summed E-state index contributed by atoms with van der Waals surface area (Å²) in [5.74, 6) is -0.0221. The highest BCUT2D eigenvalue weighted by molar-refractivity contribution is 6.28. The van der Waals surface area contributed by atoms with Gasteiger partial charge in [0, 0.05) is 18.5 Å². The molecule has 1 N–H and O–H groups in total. The predicted molar refractivity (Wildman–Crippen MR) is 113 cm³/mol. The van der Waals surface area contributed by atoms with Gasteiger partial charge in [-0.3, -0.25) is 0 Å². The summed E-state index contributed by atoms with van der Waals surface area (Å²) in [6.07, 6.45) is 7.31.